The number of aliphatic hydroxyl groups is 2. The normalized spacial score (nSPS) is 27.0. The summed E-state index contributed by atoms with van der Waals surface area (Å²) >= 11 is 1.31. The van der Waals surface area contributed by atoms with Crippen molar-refractivity contribution in [3.63, 3.8) is 0 Å². The molecule has 1 amide bonds. The number of hydrogen-bond donors (Lipinski definition) is 3. The lowest BCUT2D eigenvalue weighted by molar-refractivity contribution is 0.0552. The van der Waals surface area contributed by atoms with Crippen molar-refractivity contribution in [1.29, 1.82) is 0 Å². The van der Waals surface area contributed by atoms with Gasteiger partial charge in [0.2, 0.25) is 0 Å². The Morgan fingerprint density at radius 3 is 2.67 bits per heavy atom. The summed E-state index contributed by atoms with van der Waals surface area (Å²) in [6.07, 6.45) is 5.41. The molecule has 0 spiro atoms. The van der Waals surface area contributed by atoms with Gasteiger partial charge in [-0.1, -0.05) is 20.8 Å². The first-order valence-electron chi connectivity index (χ1n) is 11.0. The van der Waals surface area contributed by atoms with Crippen LogP contribution in [-0.4, -0.2) is 30.9 Å². The molecule has 0 aliphatic heterocycles. The molecule has 4 N–H and O–H groups in total. The van der Waals surface area contributed by atoms with Gasteiger partial charge < -0.3 is 15.9 Å². The standard InChI is InChI=1S/C22H32N4O3S/c1-11(2)13-4-6-16-15(19(13)27)10-26(25-16)9-8-12(3)14-5-7-17-18(20(14)28)24-22(30-17)21(23)29/h10-14,19-20,27-28H,4-9H2,1-3H3,(H2,23,29)/t12?,13-,14?,19?,20?/m1/s1. The van der Waals surface area contributed by atoms with Crippen LogP contribution in [0, 0.1) is 23.7 Å². The van der Waals surface area contributed by atoms with E-state index in [1.807, 2.05) is 10.9 Å². The van der Waals surface area contributed by atoms with Gasteiger partial charge in [0, 0.05) is 23.2 Å². The van der Waals surface area contributed by atoms with Crippen LogP contribution in [0.25, 0.3) is 0 Å². The van der Waals surface area contributed by atoms with Gasteiger partial charge in [0.15, 0.2) is 5.01 Å². The monoisotopic (exact) mass is 432 g/mol. The van der Waals surface area contributed by atoms with Crippen LogP contribution in [0.1, 0.15) is 83.9 Å². The summed E-state index contributed by atoms with van der Waals surface area (Å²) in [5.74, 6) is 0.595. The van der Waals surface area contributed by atoms with Gasteiger partial charge in [0.1, 0.15) is 6.10 Å². The van der Waals surface area contributed by atoms with E-state index < -0.39 is 18.1 Å². The second-order valence-corrected chi connectivity index (χ2v) is 10.4. The number of rotatable bonds is 6. The maximum absolute atomic E-state index is 11.4. The fourth-order valence-electron chi connectivity index (χ4n) is 5.11. The minimum atomic E-state index is -0.660. The smallest absolute Gasteiger partial charge is 0.277 e. The van der Waals surface area contributed by atoms with Gasteiger partial charge in [-0.3, -0.25) is 9.48 Å². The van der Waals surface area contributed by atoms with Gasteiger partial charge in [0.25, 0.3) is 5.91 Å². The highest BCUT2D eigenvalue weighted by atomic mass is 32.1. The molecule has 5 atom stereocenters. The zero-order chi connectivity index (χ0) is 21.6. The van der Waals surface area contributed by atoms with Gasteiger partial charge in [-0.25, -0.2) is 4.98 Å². The van der Waals surface area contributed by atoms with E-state index in [2.05, 4.69) is 25.8 Å². The Kier molecular flexibility index (Phi) is 6.01. The molecule has 4 unspecified atom stereocenters. The van der Waals surface area contributed by atoms with Crippen molar-refractivity contribution >= 4 is 17.2 Å². The molecule has 2 aromatic heterocycles. The quantitative estimate of drug-likeness (QED) is 0.649. The summed E-state index contributed by atoms with van der Waals surface area (Å²) in [6.45, 7) is 7.25. The summed E-state index contributed by atoms with van der Waals surface area (Å²) in [7, 11) is 0. The lowest BCUT2D eigenvalue weighted by Crippen LogP contribution is -2.26. The molecule has 30 heavy (non-hydrogen) atoms. The third-order valence-electron chi connectivity index (χ3n) is 7.04. The van der Waals surface area contributed by atoms with Crippen molar-refractivity contribution < 1.29 is 15.0 Å². The summed E-state index contributed by atoms with van der Waals surface area (Å²) < 4.78 is 1.96. The number of carbonyl (C=O) groups excluding carboxylic acids is 1. The summed E-state index contributed by atoms with van der Waals surface area (Å²) in [6, 6.07) is 0. The van der Waals surface area contributed by atoms with Crippen LogP contribution in [0.15, 0.2) is 6.20 Å². The minimum absolute atomic E-state index is 0.0985. The number of aryl methyl sites for hydroxylation is 3. The van der Waals surface area contributed by atoms with Crippen molar-refractivity contribution in [1.82, 2.24) is 14.8 Å². The molecule has 0 fully saturated rings. The number of amides is 1. The highest BCUT2D eigenvalue weighted by molar-refractivity contribution is 7.13. The Balaban J connectivity index is 1.40. The molecule has 2 aromatic rings. The van der Waals surface area contributed by atoms with Crippen molar-refractivity contribution in [2.24, 2.45) is 29.4 Å². The Morgan fingerprint density at radius 2 is 1.97 bits per heavy atom. The number of primary amides is 1. The molecule has 0 saturated heterocycles. The molecule has 0 saturated carbocycles. The molecule has 0 bridgehead atoms. The number of nitrogens with zero attached hydrogens (tertiary/aromatic N) is 3. The second-order valence-electron chi connectivity index (χ2n) is 9.29. The molecule has 4 rings (SSSR count). The lowest BCUT2D eigenvalue weighted by Gasteiger charge is -2.31. The molecule has 8 heteroatoms. The molecule has 7 nitrogen and oxygen atoms in total. The van der Waals surface area contributed by atoms with E-state index in [0.29, 0.717) is 17.5 Å². The SMILES string of the molecule is CC(CCn1cc2c(n1)CC[C@H](C(C)C)C2O)C1CCc2sc(C(N)=O)nc2C1O. The van der Waals surface area contributed by atoms with Crippen molar-refractivity contribution in [3.05, 3.63) is 33.0 Å². The number of aromatic nitrogens is 3. The molecule has 164 valence electrons. The maximum Gasteiger partial charge on any atom is 0.277 e. The van der Waals surface area contributed by atoms with Crippen molar-refractivity contribution in [2.45, 2.75) is 71.6 Å². The van der Waals surface area contributed by atoms with Crippen LogP contribution in [0.5, 0.6) is 0 Å². The first-order chi connectivity index (χ1) is 14.3. The predicted octanol–water partition coefficient (Wildman–Crippen LogP) is 3.01. The minimum Gasteiger partial charge on any atom is -0.388 e. The Hall–Kier alpha value is -1.77. The Bertz CT molecular complexity index is 922. The van der Waals surface area contributed by atoms with Crippen LogP contribution >= 0.6 is 11.3 Å². The van der Waals surface area contributed by atoms with E-state index in [0.717, 1.165) is 54.8 Å². The summed E-state index contributed by atoms with van der Waals surface area (Å²) in [5.41, 5.74) is 7.99. The molecular formula is C22H32N4O3S. The topological polar surface area (TPSA) is 114 Å². The van der Waals surface area contributed by atoms with E-state index in [4.69, 9.17) is 10.8 Å². The average Bonchev–Trinajstić information content (AvgIpc) is 3.31. The van der Waals surface area contributed by atoms with E-state index in [-0.39, 0.29) is 16.8 Å². The third kappa shape index (κ3) is 3.92. The largest absolute Gasteiger partial charge is 0.388 e. The lowest BCUT2D eigenvalue weighted by atomic mass is 9.78. The van der Waals surface area contributed by atoms with Crippen LogP contribution in [0.3, 0.4) is 0 Å². The van der Waals surface area contributed by atoms with Crippen LogP contribution < -0.4 is 5.73 Å². The second kappa shape index (κ2) is 8.40. The molecule has 2 aliphatic rings. The molecular weight excluding hydrogens is 400 g/mol. The third-order valence-corrected chi connectivity index (χ3v) is 8.18. The van der Waals surface area contributed by atoms with E-state index in [9.17, 15) is 15.0 Å². The molecule has 0 aromatic carbocycles. The number of aliphatic hydroxyl groups excluding tert-OH is 2. The van der Waals surface area contributed by atoms with Crippen LogP contribution in [-0.2, 0) is 19.4 Å². The first kappa shape index (κ1) is 21.5. The van der Waals surface area contributed by atoms with Gasteiger partial charge >= 0.3 is 0 Å². The fourth-order valence-corrected chi connectivity index (χ4v) is 6.07. The zero-order valence-electron chi connectivity index (χ0n) is 17.9. The summed E-state index contributed by atoms with van der Waals surface area (Å²) in [4.78, 5) is 16.7. The first-order valence-corrected chi connectivity index (χ1v) is 11.8. The number of fused-ring (bicyclic) bond motifs is 2. The van der Waals surface area contributed by atoms with Crippen molar-refractivity contribution in [2.75, 3.05) is 0 Å². The van der Waals surface area contributed by atoms with E-state index in [1.165, 1.54) is 11.3 Å². The number of hydrogen-bond acceptors (Lipinski definition) is 6. The highest BCUT2D eigenvalue weighted by Crippen LogP contribution is 2.42. The molecule has 2 aliphatic carbocycles. The van der Waals surface area contributed by atoms with Crippen LogP contribution in [0.4, 0.5) is 0 Å². The average molecular weight is 433 g/mol. The molecule has 2 heterocycles. The van der Waals surface area contributed by atoms with Crippen molar-refractivity contribution in [3.8, 4) is 0 Å². The van der Waals surface area contributed by atoms with Gasteiger partial charge in [-0.2, -0.15) is 5.10 Å². The number of thiazole rings is 1. The predicted molar refractivity (Wildman–Crippen MR) is 115 cm³/mol. The van der Waals surface area contributed by atoms with E-state index >= 15 is 0 Å². The van der Waals surface area contributed by atoms with Gasteiger partial charge in [-0.05, 0) is 55.8 Å². The van der Waals surface area contributed by atoms with Gasteiger partial charge in [0.05, 0.1) is 17.5 Å². The fraction of sp³-hybridized carbons (Fsp3) is 0.682. The Labute approximate surface area is 181 Å². The maximum atomic E-state index is 11.4. The molecule has 0 radical (unpaired) electrons. The Morgan fingerprint density at radius 1 is 1.23 bits per heavy atom. The number of carbonyl (C=O) groups is 1. The number of nitrogens with two attached hydrogens (primary N) is 1. The zero-order valence-corrected chi connectivity index (χ0v) is 18.7. The van der Waals surface area contributed by atoms with E-state index in [1.54, 1.807) is 0 Å². The highest BCUT2D eigenvalue weighted by Gasteiger charge is 2.35. The summed E-state index contributed by atoms with van der Waals surface area (Å²) in [5, 5.41) is 26.6. The van der Waals surface area contributed by atoms with Crippen LogP contribution in [0.2, 0.25) is 0 Å². The van der Waals surface area contributed by atoms with Gasteiger partial charge in [-0.15, -0.1) is 11.3 Å².